The predicted molar refractivity (Wildman–Crippen MR) is 81.0 cm³/mol. The number of anilines is 1. The third-order valence-electron chi connectivity index (χ3n) is 3.99. The lowest BCUT2D eigenvalue weighted by Crippen LogP contribution is -2.51. The first-order chi connectivity index (χ1) is 10.8. The van der Waals surface area contributed by atoms with Crippen LogP contribution in [0.15, 0.2) is 12.3 Å². The number of nitrogens with zero attached hydrogens (tertiary/aromatic N) is 4. The van der Waals surface area contributed by atoms with Crippen LogP contribution in [0.3, 0.4) is 0 Å². The molecule has 1 aromatic rings. The van der Waals surface area contributed by atoms with Crippen LogP contribution in [0.1, 0.15) is 19.8 Å². The van der Waals surface area contributed by atoms with E-state index in [1.807, 2.05) is 11.8 Å². The summed E-state index contributed by atoms with van der Waals surface area (Å²) in [6.07, 6.45) is 3.30. The topological polar surface area (TPSA) is 67.8 Å². The van der Waals surface area contributed by atoms with Gasteiger partial charge in [0.05, 0.1) is 6.61 Å². The van der Waals surface area contributed by atoms with E-state index >= 15 is 0 Å². The number of carbonyl (C=O) groups is 1. The molecule has 1 atom stereocenters. The summed E-state index contributed by atoms with van der Waals surface area (Å²) in [5, 5.41) is 0. The number of hydrogen-bond acceptors (Lipinski definition) is 6. The molecule has 22 heavy (non-hydrogen) atoms. The van der Waals surface area contributed by atoms with Crippen molar-refractivity contribution in [3.05, 3.63) is 12.3 Å². The van der Waals surface area contributed by atoms with Gasteiger partial charge < -0.3 is 19.3 Å². The number of hydrogen-bond donors (Lipinski definition) is 0. The fourth-order valence-electron chi connectivity index (χ4n) is 2.82. The van der Waals surface area contributed by atoms with Crippen molar-refractivity contribution in [2.75, 3.05) is 44.3 Å². The van der Waals surface area contributed by atoms with E-state index in [0.29, 0.717) is 38.1 Å². The smallest absolute Gasteiger partial charge is 0.251 e. The van der Waals surface area contributed by atoms with Gasteiger partial charge in [0, 0.05) is 45.0 Å². The average Bonchev–Trinajstić information content (AvgIpc) is 3.09. The van der Waals surface area contributed by atoms with Gasteiger partial charge >= 0.3 is 0 Å². The van der Waals surface area contributed by atoms with Gasteiger partial charge in [0.15, 0.2) is 0 Å². The molecule has 0 radical (unpaired) electrons. The van der Waals surface area contributed by atoms with Gasteiger partial charge in [-0.2, -0.15) is 4.98 Å². The molecule has 0 aromatic carbocycles. The monoisotopic (exact) mass is 306 g/mol. The zero-order chi connectivity index (χ0) is 15.4. The normalized spacial score (nSPS) is 22.0. The molecular weight excluding hydrogens is 284 g/mol. The summed E-state index contributed by atoms with van der Waals surface area (Å²) in [6.45, 7) is 6.04. The van der Waals surface area contributed by atoms with E-state index in [1.165, 1.54) is 0 Å². The van der Waals surface area contributed by atoms with Crippen molar-refractivity contribution in [3.8, 4) is 5.88 Å². The zero-order valence-electron chi connectivity index (χ0n) is 12.9. The Balaban J connectivity index is 1.57. The lowest BCUT2D eigenvalue weighted by Gasteiger charge is -2.35. The van der Waals surface area contributed by atoms with Crippen LogP contribution in [0.25, 0.3) is 0 Å². The molecule has 1 amide bonds. The number of carbonyl (C=O) groups excluding carboxylic acids is 1. The van der Waals surface area contributed by atoms with Gasteiger partial charge in [-0.1, -0.05) is 0 Å². The largest absolute Gasteiger partial charge is 0.478 e. The Morgan fingerprint density at radius 3 is 2.91 bits per heavy atom. The minimum Gasteiger partial charge on any atom is -0.478 e. The van der Waals surface area contributed by atoms with E-state index in [0.717, 1.165) is 25.9 Å². The van der Waals surface area contributed by atoms with Crippen LogP contribution in [-0.4, -0.2) is 66.3 Å². The fourth-order valence-corrected chi connectivity index (χ4v) is 2.82. The number of ether oxygens (including phenoxy) is 2. The third kappa shape index (κ3) is 3.30. The first kappa shape index (κ1) is 15.0. The summed E-state index contributed by atoms with van der Waals surface area (Å²) in [5.41, 5.74) is 0. The van der Waals surface area contributed by atoms with Crippen molar-refractivity contribution in [2.24, 2.45) is 0 Å². The summed E-state index contributed by atoms with van der Waals surface area (Å²) in [5.74, 6) is 1.38. The maximum atomic E-state index is 12.3. The Bertz CT molecular complexity index is 511. The van der Waals surface area contributed by atoms with E-state index in [9.17, 15) is 4.79 Å². The molecule has 0 aliphatic carbocycles. The van der Waals surface area contributed by atoms with Crippen molar-refractivity contribution >= 4 is 11.9 Å². The molecule has 3 heterocycles. The van der Waals surface area contributed by atoms with Crippen molar-refractivity contribution in [2.45, 2.75) is 25.9 Å². The lowest BCUT2D eigenvalue weighted by molar-refractivity contribution is -0.141. The highest BCUT2D eigenvalue weighted by atomic mass is 16.5. The molecule has 1 aromatic heterocycles. The van der Waals surface area contributed by atoms with E-state index in [1.54, 1.807) is 12.3 Å². The van der Waals surface area contributed by atoms with Crippen LogP contribution in [-0.2, 0) is 9.53 Å². The summed E-state index contributed by atoms with van der Waals surface area (Å²) in [6, 6.07) is 1.75. The molecule has 2 aliphatic rings. The standard InChI is InChI=1S/C15H22N4O3/c1-2-21-13-5-6-16-15(17-13)19-9-7-18(8-10-19)14(20)12-4-3-11-22-12/h5-6,12H,2-4,7-11H2,1H3. The Hall–Kier alpha value is -1.89. The van der Waals surface area contributed by atoms with Gasteiger partial charge in [-0.3, -0.25) is 4.79 Å². The molecule has 2 aliphatic heterocycles. The quantitative estimate of drug-likeness (QED) is 0.816. The van der Waals surface area contributed by atoms with Crippen LogP contribution in [0.2, 0.25) is 0 Å². The highest BCUT2D eigenvalue weighted by molar-refractivity contribution is 5.81. The maximum absolute atomic E-state index is 12.3. The highest BCUT2D eigenvalue weighted by Gasteiger charge is 2.30. The van der Waals surface area contributed by atoms with Gasteiger partial charge in [-0.05, 0) is 19.8 Å². The van der Waals surface area contributed by atoms with Crippen LogP contribution in [0, 0.1) is 0 Å². The Morgan fingerprint density at radius 1 is 1.41 bits per heavy atom. The minimum absolute atomic E-state index is 0.126. The molecule has 3 rings (SSSR count). The summed E-state index contributed by atoms with van der Waals surface area (Å²) < 4.78 is 10.9. The second kappa shape index (κ2) is 6.91. The highest BCUT2D eigenvalue weighted by Crippen LogP contribution is 2.18. The molecule has 2 saturated heterocycles. The minimum atomic E-state index is -0.232. The van der Waals surface area contributed by atoms with Crippen LogP contribution < -0.4 is 9.64 Å². The Labute approximate surface area is 130 Å². The Kier molecular flexibility index (Phi) is 4.72. The van der Waals surface area contributed by atoms with Crippen molar-refractivity contribution < 1.29 is 14.3 Å². The Morgan fingerprint density at radius 2 is 2.23 bits per heavy atom. The second-order valence-electron chi connectivity index (χ2n) is 5.44. The molecular formula is C15H22N4O3. The number of aromatic nitrogens is 2. The molecule has 1 unspecified atom stereocenters. The second-order valence-corrected chi connectivity index (χ2v) is 5.44. The summed E-state index contributed by atoms with van der Waals surface area (Å²) in [4.78, 5) is 25.0. The lowest BCUT2D eigenvalue weighted by atomic mass is 10.2. The van der Waals surface area contributed by atoms with Crippen molar-refractivity contribution in [3.63, 3.8) is 0 Å². The molecule has 7 heteroatoms. The molecule has 0 spiro atoms. The molecule has 120 valence electrons. The molecule has 0 bridgehead atoms. The van der Waals surface area contributed by atoms with Gasteiger partial charge in [0.1, 0.15) is 6.10 Å². The first-order valence-corrected chi connectivity index (χ1v) is 7.89. The summed E-state index contributed by atoms with van der Waals surface area (Å²) >= 11 is 0. The van der Waals surface area contributed by atoms with Crippen LogP contribution in [0.5, 0.6) is 5.88 Å². The van der Waals surface area contributed by atoms with Gasteiger partial charge in [0.2, 0.25) is 11.8 Å². The van der Waals surface area contributed by atoms with E-state index in [-0.39, 0.29) is 12.0 Å². The molecule has 0 saturated carbocycles. The van der Waals surface area contributed by atoms with E-state index in [2.05, 4.69) is 14.9 Å². The molecule has 2 fully saturated rings. The molecule has 0 N–H and O–H groups in total. The number of piperazine rings is 1. The van der Waals surface area contributed by atoms with Crippen LogP contribution in [0.4, 0.5) is 5.95 Å². The summed E-state index contributed by atoms with van der Waals surface area (Å²) in [7, 11) is 0. The fraction of sp³-hybridized carbons (Fsp3) is 0.667. The number of amides is 1. The van der Waals surface area contributed by atoms with Gasteiger partial charge in [-0.15, -0.1) is 0 Å². The average molecular weight is 306 g/mol. The predicted octanol–water partition coefficient (Wildman–Crippen LogP) is 0.703. The van der Waals surface area contributed by atoms with Gasteiger partial charge in [0.25, 0.3) is 5.91 Å². The molecule has 7 nitrogen and oxygen atoms in total. The van der Waals surface area contributed by atoms with Gasteiger partial charge in [-0.25, -0.2) is 4.98 Å². The number of rotatable bonds is 4. The van der Waals surface area contributed by atoms with Crippen LogP contribution >= 0.6 is 0 Å². The van der Waals surface area contributed by atoms with Crippen molar-refractivity contribution in [1.29, 1.82) is 0 Å². The SMILES string of the molecule is CCOc1ccnc(N2CCN(C(=O)C3CCCO3)CC2)n1. The maximum Gasteiger partial charge on any atom is 0.251 e. The first-order valence-electron chi connectivity index (χ1n) is 7.89. The van der Waals surface area contributed by atoms with E-state index in [4.69, 9.17) is 9.47 Å². The van der Waals surface area contributed by atoms with Crippen molar-refractivity contribution in [1.82, 2.24) is 14.9 Å². The zero-order valence-corrected chi connectivity index (χ0v) is 12.9. The van der Waals surface area contributed by atoms with E-state index < -0.39 is 0 Å². The third-order valence-corrected chi connectivity index (χ3v) is 3.99.